The lowest BCUT2D eigenvalue weighted by molar-refractivity contribution is 0.0272. The van der Waals surface area contributed by atoms with Crippen LogP contribution >= 0.6 is 0 Å². The van der Waals surface area contributed by atoms with Gasteiger partial charge in [-0.3, -0.25) is 9.48 Å². The van der Waals surface area contributed by atoms with Crippen LogP contribution in [0.15, 0.2) is 48.9 Å². The van der Waals surface area contributed by atoms with Crippen molar-refractivity contribution in [3.63, 3.8) is 0 Å². The van der Waals surface area contributed by atoms with E-state index in [4.69, 9.17) is 10.5 Å². The minimum Gasteiger partial charge on any atom is -0.423 e. The van der Waals surface area contributed by atoms with Gasteiger partial charge < -0.3 is 25.8 Å². The number of nitrogen functional groups attached to an aromatic ring is 1. The maximum atomic E-state index is 13.0. The molecule has 0 saturated heterocycles. The Morgan fingerprint density at radius 3 is 2.72 bits per heavy atom. The predicted molar refractivity (Wildman–Crippen MR) is 121 cm³/mol. The fourth-order valence-electron chi connectivity index (χ4n) is 3.91. The number of carbonyl (C=O) groups is 1. The minimum atomic E-state index is -1.49. The molecule has 2 atom stereocenters. The van der Waals surface area contributed by atoms with Gasteiger partial charge in [0.05, 0.1) is 30.5 Å². The van der Waals surface area contributed by atoms with Crippen LogP contribution in [0.5, 0.6) is 0 Å². The lowest BCUT2D eigenvalue weighted by Crippen LogP contribution is -2.41. The van der Waals surface area contributed by atoms with Crippen molar-refractivity contribution in [2.45, 2.75) is 38.0 Å². The number of hydrogen-bond acceptors (Lipinski definition) is 7. The first-order chi connectivity index (χ1) is 15.4. The highest BCUT2D eigenvalue weighted by Crippen LogP contribution is 2.25. The van der Waals surface area contributed by atoms with Crippen molar-refractivity contribution in [1.29, 1.82) is 0 Å². The van der Waals surface area contributed by atoms with Gasteiger partial charge in [-0.25, -0.2) is 4.98 Å². The number of hydrogen-bond donors (Lipinski definition) is 4. The second-order valence-corrected chi connectivity index (χ2v) is 8.04. The summed E-state index contributed by atoms with van der Waals surface area (Å²) in [6.07, 6.45) is 7.70. The molecule has 0 spiro atoms. The summed E-state index contributed by atoms with van der Waals surface area (Å²) >= 11 is 0. The summed E-state index contributed by atoms with van der Waals surface area (Å²) in [5.74, 6) is -0.0979. The van der Waals surface area contributed by atoms with Gasteiger partial charge >= 0.3 is 7.12 Å². The van der Waals surface area contributed by atoms with Crippen molar-refractivity contribution in [2.24, 2.45) is 7.05 Å². The molecule has 2 heterocycles. The molecule has 10 heteroatoms. The van der Waals surface area contributed by atoms with Gasteiger partial charge in [-0.05, 0) is 36.4 Å². The molecule has 3 aromatic rings. The van der Waals surface area contributed by atoms with E-state index in [1.165, 1.54) is 0 Å². The Kier molecular flexibility index (Phi) is 6.54. The summed E-state index contributed by atoms with van der Waals surface area (Å²) in [6, 6.07) is 8.52. The first-order valence-electron chi connectivity index (χ1n) is 10.5. The molecule has 0 unspecified atom stereocenters. The number of benzene rings is 1. The van der Waals surface area contributed by atoms with Crippen LogP contribution in [0.2, 0.25) is 0 Å². The van der Waals surface area contributed by atoms with Crippen LogP contribution in [-0.4, -0.2) is 50.0 Å². The van der Waals surface area contributed by atoms with Crippen molar-refractivity contribution < 1.29 is 19.6 Å². The third-order valence-electron chi connectivity index (χ3n) is 5.71. The third-order valence-corrected chi connectivity index (χ3v) is 5.71. The lowest BCUT2D eigenvalue weighted by atomic mass is 9.80. The lowest BCUT2D eigenvalue weighted by Gasteiger charge is -2.22. The van der Waals surface area contributed by atoms with Crippen LogP contribution in [0.3, 0.4) is 0 Å². The second kappa shape index (κ2) is 9.52. The van der Waals surface area contributed by atoms with Gasteiger partial charge in [-0.1, -0.05) is 24.3 Å². The highest BCUT2D eigenvalue weighted by atomic mass is 16.5. The molecule has 0 aliphatic heterocycles. The number of aryl methyl sites for hydroxylation is 1. The molecule has 0 radical (unpaired) electrons. The molecule has 1 saturated carbocycles. The van der Waals surface area contributed by atoms with Crippen molar-refractivity contribution in [2.75, 3.05) is 5.73 Å². The number of amides is 1. The Hall–Kier alpha value is -3.21. The molecule has 9 nitrogen and oxygen atoms in total. The first-order valence-corrected chi connectivity index (χ1v) is 10.5. The molecular formula is C22H26BN5O4. The van der Waals surface area contributed by atoms with Crippen molar-refractivity contribution in [3.8, 4) is 11.1 Å². The van der Waals surface area contributed by atoms with Gasteiger partial charge in [-0.2, -0.15) is 5.10 Å². The van der Waals surface area contributed by atoms with E-state index in [1.54, 1.807) is 47.4 Å². The molecule has 2 aromatic heterocycles. The standard InChI is InChI=1S/C22H26BN5O4/c1-28-12-16(11-26-28)15-9-18(21(24)25-10-15)22(29)27-19-3-2-4-20(19)32-13-14-5-7-17(8-6-14)23(30)31/h5-12,19-20,30-31H,2-4,13H2,1H3,(H2,24,25)(H,27,29)/t19-,20-/m0/s1. The van der Waals surface area contributed by atoms with E-state index in [9.17, 15) is 14.8 Å². The summed E-state index contributed by atoms with van der Waals surface area (Å²) in [5, 5.41) is 25.6. The number of nitrogens with two attached hydrogens (primary N) is 1. The SMILES string of the molecule is Cn1cc(-c2cnc(N)c(C(=O)N[C@H]3CCC[C@@H]3OCc3ccc(B(O)O)cc3)c2)cn1. The monoisotopic (exact) mass is 435 g/mol. The number of anilines is 1. The number of nitrogens with one attached hydrogen (secondary N) is 1. The van der Waals surface area contributed by atoms with Crippen LogP contribution in [0, 0.1) is 0 Å². The van der Waals surface area contributed by atoms with Gasteiger partial charge in [0.1, 0.15) is 5.82 Å². The summed E-state index contributed by atoms with van der Waals surface area (Å²) in [5.41, 5.74) is 9.30. The fourth-order valence-corrected chi connectivity index (χ4v) is 3.91. The van der Waals surface area contributed by atoms with E-state index in [1.807, 2.05) is 13.2 Å². The van der Waals surface area contributed by atoms with Crippen LogP contribution in [0.25, 0.3) is 11.1 Å². The average Bonchev–Trinajstić information content (AvgIpc) is 3.41. The number of ether oxygens (including phenoxy) is 1. The summed E-state index contributed by atoms with van der Waals surface area (Å²) in [6.45, 7) is 0.374. The fraction of sp³-hybridized carbons (Fsp3) is 0.318. The molecule has 1 aliphatic carbocycles. The normalized spacial score (nSPS) is 18.0. The van der Waals surface area contributed by atoms with E-state index < -0.39 is 7.12 Å². The zero-order chi connectivity index (χ0) is 22.7. The molecule has 1 fully saturated rings. The molecule has 1 amide bonds. The molecule has 32 heavy (non-hydrogen) atoms. The van der Waals surface area contributed by atoms with Gasteiger partial charge in [0.15, 0.2) is 0 Å². The number of rotatable bonds is 7. The Bertz CT molecular complexity index is 1090. The second-order valence-electron chi connectivity index (χ2n) is 8.04. The van der Waals surface area contributed by atoms with E-state index in [0.717, 1.165) is 36.0 Å². The largest absolute Gasteiger partial charge is 0.488 e. The molecular weight excluding hydrogens is 409 g/mol. The third kappa shape index (κ3) is 4.99. The number of carbonyl (C=O) groups excluding carboxylic acids is 1. The van der Waals surface area contributed by atoms with Gasteiger partial charge in [-0.15, -0.1) is 0 Å². The highest BCUT2D eigenvalue weighted by Gasteiger charge is 2.30. The van der Waals surface area contributed by atoms with Crippen molar-refractivity contribution in [1.82, 2.24) is 20.1 Å². The van der Waals surface area contributed by atoms with Crippen LogP contribution in [-0.2, 0) is 18.4 Å². The molecule has 5 N–H and O–H groups in total. The smallest absolute Gasteiger partial charge is 0.423 e. The predicted octanol–water partition coefficient (Wildman–Crippen LogP) is 0.612. The van der Waals surface area contributed by atoms with Crippen molar-refractivity contribution in [3.05, 3.63) is 60.0 Å². The Morgan fingerprint density at radius 1 is 1.25 bits per heavy atom. The average molecular weight is 435 g/mol. The Balaban J connectivity index is 1.40. The van der Waals surface area contributed by atoms with E-state index in [-0.39, 0.29) is 23.9 Å². The van der Waals surface area contributed by atoms with Crippen LogP contribution < -0.4 is 16.5 Å². The van der Waals surface area contributed by atoms with Crippen LogP contribution in [0.1, 0.15) is 35.2 Å². The molecule has 4 rings (SSSR count). The minimum absolute atomic E-state index is 0.113. The number of aromatic nitrogens is 3. The number of nitrogens with zero attached hydrogens (tertiary/aromatic N) is 3. The topological polar surface area (TPSA) is 136 Å². The first kappa shape index (κ1) is 22.0. The Morgan fingerprint density at radius 2 is 2.03 bits per heavy atom. The quantitative estimate of drug-likeness (QED) is 0.400. The van der Waals surface area contributed by atoms with Crippen molar-refractivity contribution >= 4 is 24.3 Å². The molecule has 1 aliphatic rings. The summed E-state index contributed by atoms with van der Waals surface area (Å²) in [7, 11) is 0.338. The maximum absolute atomic E-state index is 13.0. The maximum Gasteiger partial charge on any atom is 0.488 e. The molecule has 1 aromatic carbocycles. The summed E-state index contributed by atoms with van der Waals surface area (Å²) in [4.78, 5) is 17.2. The zero-order valence-corrected chi connectivity index (χ0v) is 17.8. The molecule has 0 bridgehead atoms. The number of pyridine rings is 1. The van der Waals surface area contributed by atoms with Gasteiger partial charge in [0, 0.05) is 30.6 Å². The van der Waals surface area contributed by atoms with E-state index >= 15 is 0 Å². The molecule has 166 valence electrons. The highest BCUT2D eigenvalue weighted by molar-refractivity contribution is 6.58. The van der Waals surface area contributed by atoms with Gasteiger partial charge in [0.2, 0.25) is 0 Å². The van der Waals surface area contributed by atoms with Crippen LogP contribution in [0.4, 0.5) is 5.82 Å². The van der Waals surface area contributed by atoms with Gasteiger partial charge in [0.25, 0.3) is 5.91 Å². The Labute approximate surface area is 186 Å². The summed E-state index contributed by atoms with van der Waals surface area (Å²) < 4.78 is 7.75. The zero-order valence-electron chi connectivity index (χ0n) is 17.8. The van der Waals surface area contributed by atoms with E-state index in [2.05, 4.69) is 15.4 Å². The van der Waals surface area contributed by atoms with E-state index in [0.29, 0.717) is 17.6 Å².